The molecule has 0 aromatic carbocycles. The summed E-state index contributed by atoms with van der Waals surface area (Å²) < 4.78 is 5.15. The van der Waals surface area contributed by atoms with Gasteiger partial charge in [0.1, 0.15) is 0 Å². The molecule has 0 spiro atoms. The molecule has 0 saturated carbocycles. The summed E-state index contributed by atoms with van der Waals surface area (Å²) >= 11 is 0. The Morgan fingerprint density at radius 3 is 2.12 bits per heavy atom. The third-order valence-corrected chi connectivity index (χ3v) is 2.73. The maximum Gasteiger partial charge on any atom is 0.409 e. The van der Waals surface area contributed by atoms with Crippen molar-refractivity contribution < 1.29 is 14.3 Å². The fraction of sp³-hybridized carbons (Fsp3) is 0.833. The summed E-state index contributed by atoms with van der Waals surface area (Å²) in [5.74, 6) is 0.502. The number of carbonyl (C=O) groups is 2. The van der Waals surface area contributed by atoms with Crippen molar-refractivity contribution in [2.75, 3.05) is 32.8 Å². The van der Waals surface area contributed by atoms with Gasteiger partial charge in [-0.3, -0.25) is 4.79 Å². The molecule has 5 heteroatoms. The lowest BCUT2D eigenvalue weighted by Crippen LogP contribution is -2.50. The van der Waals surface area contributed by atoms with Gasteiger partial charge in [-0.2, -0.15) is 0 Å². The number of hydrogen-bond acceptors (Lipinski definition) is 3. The summed E-state index contributed by atoms with van der Waals surface area (Å²) in [4.78, 5) is 26.6. The molecule has 5 nitrogen and oxygen atoms in total. The van der Waals surface area contributed by atoms with Gasteiger partial charge >= 0.3 is 6.09 Å². The van der Waals surface area contributed by atoms with Crippen LogP contribution in [0.5, 0.6) is 0 Å². The van der Waals surface area contributed by atoms with E-state index in [9.17, 15) is 9.59 Å². The maximum atomic E-state index is 11.6. The number of rotatable bonds is 3. The second-order valence-electron chi connectivity index (χ2n) is 4.69. The predicted molar refractivity (Wildman–Crippen MR) is 64.6 cm³/mol. The Hall–Kier alpha value is -1.26. The highest BCUT2D eigenvalue weighted by Crippen LogP contribution is 2.06. The molecule has 1 rings (SSSR count). The zero-order chi connectivity index (χ0) is 12.8. The Morgan fingerprint density at radius 2 is 1.65 bits per heavy atom. The van der Waals surface area contributed by atoms with Crippen LogP contribution in [0.3, 0.4) is 0 Å². The number of carbonyl (C=O) groups excluding carboxylic acids is 2. The molecule has 0 unspecified atom stereocenters. The molecule has 2 amide bonds. The van der Waals surface area contributed by atoms with E-state index in [1.165, 1.54) is 0 Å². The van der Waals surface area contributed by atoms with Crippen molar-refractivity contribution in [3.8, 4) is 0 Å². The Bertz CT molecular complexity index is 271. The quantitative estimate of drug-likeness (QED) is 0.750. The SMILES string of the molecule is CCC(=O)N1CCN(C(=O)OCC(C)C)CC1. The third kappa shape index (κ3) is 4.24. The van der Waals surface area contributed by atoms with Gasteiger partial charge in [0.2, 0.25) is 5.91 Å². The van der Waals surface area contributed by atoms with Crippen LogP contribution in [-0.2, 0) is 9.53 Å². The van der Waals surface area contributed by atoms with E-state index in [0.717, 1.165) is 0 Å². The highest BCUT2D eigenvalue weighted by molar-refractivity contribution is 5.76. The molecule has 0 aromatic heterocycles. The second kappa shape index (κ2) is 6.47. The monoisotopic (exact) mass is 242 g/mol. The molecular formula is C12H22N2O3. The van der Waals surface area contributed by atoms with Crippen molar-refractivity contribution in [1.29, 1.82) is 0 Å². The zero-order valence-electron chi connectivity index (χ0n) is 10.9. The van der Waals surface area contributed by atoms with Crippen LogP contribution in [0.25, 0.3) is 0 Å². The van der Waals surface area contributed by atoms with Gasteiger partial charge in [0.15, 0.2) is 0 Å². The molecule has 0 atom stereocenters. The minimum Gasteiger partial charge on any atom is -0.449 e. The van der Waals surface area contributed by atoms with E-state index in [0.29, 0.717) is 45.1 Å². The molecule has 0 radical (unpaired) electrons. The fourth-order valence-electron chi connectivity index (χ4n) is 1.69. The molecule has 0 aromatic rings. The average Bonchev–Trinajstić information content (AvgIpc) is 2.35. The molecule has 0 bridgehead atoms. The highest BCUT2D eigenvalue weighted by atomic mass is 16.6. The van der Waals surface area contributed by atoms with E-state index in [1.807, 2.05) is 20.8 Å². The fourth-order valence-corrected chi connectivity index (χ4v) is 1.69. The smallest absolute Gasteiger partial charge is 0.409 e. The zero-order valence-corrected chi connectivity index (χ0v) is 10.9. The van der Waals surface area contributed by atoms with E-state index in [4.69, 9.17) is 4.74 Å². The Labute approximate surface area is 103 Å². The second-order valence-corrected chi connectivity index (χ2v) is 4.69. The van der Waals surface area contributed by atoms with Crippen molar-refractivity contribution in [1.82, 2.24) is 9.80 Å². The van der Waals surface area contributed by atoms with Crippen LogP contribution in [0.15, 0.2) is 0 Å². The van der Waals surface area contributed by atoms with Crippen molar-refractivity contribution >= 4 is 12.0 Å². The number of nitrogens with zero attached hydrogens (tertiary/aromatic N) is 2. The van der Waals surface area contributed by atoms with Gasteiger partial charge in [-0.15, -0.1) is 0 Å². The largest absolute Gasteiger partial charge is 0.449 e. The Morgan fingerprint density at radius 1 is 1.12 bits per heavy atom. The van der Waals surface area contributed by atoms with Gasteiger partial charge in [-0.05, 0) is 5.92 Å². The van der Waals surface area contributed by atoms with Crippen LogP contribution >= 0.6 is 0 Å². The van der Waals surface area contributed by atoms with Crippen molar-refractivity contribution in [2.24, 2.45) is 5.92 Å². The lowest BCUT2D eigenvalue weighted by molar-refractivity contribution is -0.132. The predicted octanol–water partition coefficient (Wildman–Crippen LogP) is 1.33. The first-order chi connectivity index (χ1) is 8.04. The molecule has 1 fully saturated rings. The topological polar surface area (TPSA) is 49.9 Å². The first-order valence-corrected chi connectivity index (χ1v) is 6.24. The van der Waals surface area contributed by atoms with Gasteiger partial charge in [0, 0.05) is 32.6 Å². The van der Waals surface area contributed by atoms with Crippen LogP contribution in [0.1, 0.15) is 27.2 Å². The highest BCUT2D eigenvalue weighted by Gasteiger charge is 2.24. The van der Waals surface area contributed by atoms with E-state index in [-0.39, 0.29) is 12.0 Å². The summed E-state index contributed by atoms with van der Waals surface area (Å²) in [5, 5.41) is 0. The minimum absolute atomic E-state index is 0.153. The molecule has 1 aliphatic rings. The number of hydrogen-bond donors (Lipinski definition) is 0. The Kier molecular flexibility index (Phi) is 5.25. The first kappa shape index (κ1) is 13.8. The van der Waals surface area contributed by atoms with E-state index >= 15 is 0 Å². The summed E-state index contributed by atoms with van der Waals surface area (Å²) in [6.45, 7) is 8.69. The number of amides is 2. The summed E-state index contributed by atoms with van der Waals surface area (Å²) in [6.07, 6.45) is 0.264. The van der Waals surface area contributed by atoms with E-state index in [1.54, 1.807) is 9.80 Å². The lowest BCUT2D eigenvalue weighted by Gasteiger charge is -2.34. The van der Waals surface area contributed by atoms with Crippen molar-refractivity contribution in [3.63, 3.8) is 0 Å². The summed E-state index contributed by atoms with van der Waals surface area (Å²) in [5.41, 5.74) is 0. The maximum absolute atomic E-state index is 11.6. The normalized spacial score (nSPS) is 16.2. The van der Waals surface area contributed by atoms with Crippen LogP contribution in [-0.4, -0.2) is 54.6 Å². The van der Waals surface area contributed by atoms with Gasteiger partial charge in [0.25, 0.3) is 0 Å². The van der Waals surface area contributed by atoms with Gasteiger partial charge < -0.3 is 14.5 Å². The molecule has 1 saturated heterocycles. The lowest BCUT2D eigenvalue weighted by atomic mass is 10.2. The molecule has 1 aliphatic heterocycles. The summed E-state index contributed by atoms with van der Waals surface area (Å²) in [6, 6.07) is 0. The third-order valence-electron chi connectivity index (χ3n) is 2.73. The standard InChI is InChI=1S/C12H22N2O3/c1-4-11(15)13-5-7-14(8-6-13)12(16)17-9-10(2)3/h10H,4-9H2,1-3H3. The number of ether oxygens (including phenoxy) is 1. The van der Waals surface area contributed by atoms with Gasteiger partial charge in [0.05, 0.1) is 6.61 Å². The van der Waals surface area contributed by atoms with Crippen LogP contribution in [0.2, 0.25) is 0 Å². The van der Waals surface area contributed by atoms with E-state index < -0.39 is 0 Å². The summed E-state index contributed by atoms with van der Waals surface area (Å²) in [7, 11) is 0. The molecule has 0 N–H and O–H groups in total. The van der Waals surface area contributed by atoms with Crippen LogP contribution in [0, 0.1) is 5.92 Å². The first-order valence-electron chi connectivity index (χ1n) is 6.24. The van der Waals surface area contributed by atoms with Crippen LogP contribution < -0.4 is 0 Å². The van der Waals surface area contributed by atoms with Crippen molar-refractivity contribution in [3.05, 3.63) is 0 Å². The molecular weight excluding hydrogens is 220 g/mol. The van der Waals surface area contributed by atoms with E-state index in [2.05, 4.69) is 0 Å². The van der Waals surface area contributed by atoms with Crippen molar-refractivity contribution in [2.45, 2.75) is 27.2 Å². The molecule has 17 heavy (non-hydrogen) atoms. The Balaban J connectivity index is 2.31. The van der Waals surface area contributed by atoms with Crippen LogP contribution in [0.4, 0.5) is 4.79 Å². The minimum atomic E-state index is -0.262. The molecule has 0 aliphatic carbocycles. The van der Waals surface area contributed by atoms with Gasteiger partial charge in [-0.1, -0.05) is 20.8 Å². The molecule has 98 valence electrons. The number of piperazine rings is 1. The molecule has 1 heterocycles. The average molecular weight is 242 g/mol. The van der Waals surface area contributed by atoms with Gasteiger partial charge in [-0.25, -0.2) is 4.79 Å².